The van der Waals surface area contributed by atoms with Gasteiger partial charge in [0.15, 0.2) is 31.2 Å². The minimum absolute atomic E-state index is 0.0102. The summed E-state index contributed by atoms with van der Waals surface area (Å²) in [5.74, 6) is -6.37. The first-order valence-electron chi connectivity index (χ1n) is 17.3. The normalized spacial score (nSPS) is 21.2. The van der Waals surface area contributed by atoms with Crippen LogP contribution in [-0.2, 0) is 70.3 Å². The summed E-state index contributed by atoms with van der Waals surface area (Å²) in [4.78, 5) is 106. The number of aromatic nitrogens is 2. The zero-order valence-electron chi connectivity index (χ0n) is 32.2. The standard InChI is InChI=1S/C36H48N6O13/c1-22(2)53-27-14-37-42(16-27)15-26-11-9-25(10-12-26)13-28-36(50)55-24(4)35(49)40(7)17-31(45)51-20-29(43)38(5)19-33(47)54-23(3)34(48)39(6)18-32(46)52-21-30(44)41(28)8/h9-12,14,16,22-24,28H,13,15,17-21H2,1-8H3. The quantitative estimate of drug-likeness (QED) is 0.266. The van der Waals surface area contributed by atoms with E-state index in [1.165, 1.54) is 42.0 Å². The largest absolute Gasteiger partial charge is 0.488 e. The number of esters is 4. The maximum absolute atomic E-state index is 13.6. The van der Waals surface area contributed by atoms with E-state index in [0.717, 1.165) is 25.2 Å². The summed E-state index contributed by atoms with van der Waals surface area (Å²) in [6.45, 7) is 3.39. The molecule has 0 aliphatic carbocycles. The first-order chi connectivity index (χ1) is 25.8. The van der Waals surface area contributed by atoms with Crippen molar-refractivity contribution in [3.8, 4) is 5.75 Å². The van der Waals surface area contributed by atoms with E-state index in [1.807, 2.05) is 26.0 Å². The summed E-state index contributed by atoms with van der Waals surface area (Å²) in [7, 11) is 5.05. The molecule has 19 heteroatoms. The zero-order chi connectivity index (χ0) is 41.0. The Balaban J connectivity index is 1.82. The van der Waals surface area contributed by atoms with Gasteiger partial charge in [0.05, 0.1) is 25.0 Å². The van der Waals surface area contributed by atoms with Gasteiger partial charge >= 0.3 is 23.9 Å². The predicted molar refractivity (Wildman–Crippen MR) is 190 cm³/mol. The van der Waals surface area contributed by atoms with Gasteiger partial charge in [-0.25, -0.2) is 4.79 Å². The Hall–Kier alpha value is -6.01. The van der Waals surface area contributed by atoms with E-state index in [1.54, 1.807) is 29.2 Å². The summed E-state index contributed by atoms with van der Waals surface area (Å²) in [6, 6.07) is 5.84. The highest BCUT2D eigenvalue weighted by Gasteiger charge is 2.33. The molecule has 1 saturated heterocycles. The van der Waals surface area contributed by atoms with Crippen molar-refractivity contribution in [2.45, 2.75) is 65.0 Å². The Morgan fingerprint density at radius 2 is 1.22 bits per heavy atom. The monoisotopic (exact) mass is 772 g/mol. The molecular weight excluding hydrogens is 724 g/mol. The average Bonchev–Trinajstić information content (AvgIpc) is 3.56. The van der Waals surface area contributed by atoms with Crippen LogP contribution in [0.5, 0.6) is 5.75 Å². The van der Waals surface area contributed by atoms with Crippen LogP contribution < -0.4 is 4.74 Å². The second-order valence-electron chi connectivity index (χ2n) is 13.3. The first kappa shape index (κ1) is 43.4. The number of amides is 4. The molecule has 3 rings (SSSR count). The Morgan fingerprint density at radius 1 is 0.709 bits per heavy atom. The fraction of sp³-hybridized carbons (Fsp3) is 0.528. The lowest BCUT2D eigenvalue weighted by Gasteiger charge is -2.29. The number of rotatable bonds is 6. The molecule has 1 aliphatic heterocycles. The van der Waals surface area contributed by atoms with Gasteiger partial charge in [-0.15, -0.1) is 0 Å². The van der Waals surface area contributed by atoms with Crippen molar-refractivity contribution in [1.82, 2.24) is 29.4 Å². The van der Waals surface area contributed by atoms with Gasteiger partial charge in [0.1, 0.15) is 25.7 Å². The number of carbonyl (C=O) groups is 8. The number of hydrogen-bond donors (Lipinski definition) is 0. The Morgan fingerprint density at radius 3 is 1.78 bits per heavy atom. The lowest BCUT2D eigenvalue weighted by Crippen LogP contribution is -2.49. The first-order valence-corrected chi connectivity index (χ1v) is 17.3. The van der Waals surface area contributed by atoms with Crippen LogP contribution >= 0.6 is 0 Å². The molecule has 0 spiro atoms. The molecule has 2 aromatic rings. The van der Waals surface area contributed by atoms with E-state index >= 15 is 0 Å². The molecule has 1 aromatic carbocycles. The van der Waals surface area contributed by atoms with Gasteiger partial charge in [-0.05, 0) is 38.8 Å². The molecule has 1 aromatic heterocycles. The summed E-state index contributed by atoms with van der Waals surface area (Å²) in [5.41, 5.74) is 1.50. The van der Waals surface area contributed by atoms with Crippen molar-refractivity contribution >= 4 is 47.5 Å². The fourth-order valence-electron chi connectivity index (χ4n) is 5.13. The van der Waals surface area contributed by atoms with Crippen molar-refractivity contribution in [3.63, 3.8) is 0 Å². The third-order valence-electron chi connectivity index (χ3n) is 8.20. The maximum Gasteiger partial charge on any atom is 0.329 e. The summed E-state index contributed by atoms with van der Waals surface area (Å²) < 4.78 is 28.0. The van der Waals surface area contributed by atoms with Crippen molar-refractivity contribution in [2.75, 3.05) is 61.0 Å². The van der Waals surface area contributed by atoms with Gasteiger partial charge in [-0.1, -0.05) is 24.3 Å². The van der Waals surface area contributed by atoms with E-state index in [9.17, 15) is 38.4 Å². The summed E-state index contributed by atoms with van der Waals surface area (Å²) in [5, 5.41) is 4.31. The molecule has 0 N–H and O–H groups in total. The fourth-order valence-corrected chi connectivity index (χ4v) is 5.13. The molecule has 19 nitrogen and oxygen atoms in total. The average molecular weight is 773 g/mol. The molecule has 2 heterocycles. The molecule has 1 aliphatic rings. The summed E-state index contributed by atoms with van der Waals surface area (Å²) >= 11 is 0. The molecule has 3 unspecified atom stereocenters. The van der Waals surface area contributed by atoms with Gasteiger partial charge in [0.25, 0.3) is 23.6 Å². The third kappa shape index (κ3) is 13.4. The summed E-state index contributed by atoms with van der Waals surface area (Å²) in [6.07, 6.45) is 0.526. The van der Waals surface area contributed by atoms with Crippen LogP contribution in [-0.4, -0.2) is 162 Å². The van der Waals surface area contributed by atoms with E-state index in [-0.39, 0.29) is 12.5 Å². The smallest absolute Gasteiger partial charge is 0.329 e. The topological polar surface area (TPSA) is 213 Å². The second-order valence-corrected chi connectivity index (χ2v) is 13.3. The molecule has 300 valence electrons. The third-order valence-corrected chi connectivity index (χ3v) is 8.20. The van der Waals surface area contributed by atoms with Crippen molar-refractivity contribution in [1.29, 1.82) is 0 Å². The minimum Gasteiger partial charge on any atom is -0.488 e. The number of hydrogen-bond acceptors (Lipinski definition) is 14. The zero-order valence-corrected chi connectivity index (χ0v) is 32.2. The van der Waals surface area contributed by atoms with Gasteiger partial charge < -0.3 is 43.3 Å². The van der Waals surface area contributed by atoms with E-state index in [4.69, 9.17) is 23.7 Å². The van der Waals surface area contributed by atoms with E-state index in [0.29, 0.717) is 17.9 Å². The van der Waals surface area contributed by atoms with Crippen LogP contribution in [0.1, 0.15) is 38.8 Å². The Bertz CT molecular complexity index is 1730. The van der Waals surface area contributed by atoms with Crippen LogP contribution in [0.2, 0.25) is 0 Å². The lowest BCUT2D eigenvalue weighted by molar-refractivity contribution is -0.167. The SMILES string of the molecule is CC(C)Oc1cnn(Cc2ccc(CC3C(=O)OC(C)C(=O)N(C)CC(=O)OCC(=O)N(C)CC(=O)OC(C)C(=O)N(C)CC(=O)OCC(=O)N3C)cc2)c1. The highest BCUT2D eigenvalue weighted by atomic mass is 16.6. The molecule has 3 atom stereocenters. The van der Waals surface area contributed by atoms with Gasteiger partial charge in [-0.2, -0.15) is 5.10 Å². The van der Waals surface area contributed by atoms with E-state index < -0.39 is 98.6 Å². The Labute approximate surface area is 318 Å². The molecule has 55 heavy (non-hydrogen) atoms. The number of nitrogens with zero attached hydrogens (tertiary/aromatic N) is 6. The van der Waals surface area contributed by atoms with Crippen LogP contribution in [0.15, 0.2) is 36.7 Å². The molecule has 0 bridgehead atoms. The van der Waals surface area contributed by atoms with Gasteiger partial charge in [0, 0.05) is 34.6 Å². The molecule has 1 fully saturated rings. The predicted octanol–water partition coefficient (Wildman–Crippen LogP) is -0.573. The number of likely N-dealkylation sites (N-methyl/N-ethyl adjacent to an activating group) is 4. The van der Waals surface area contributed by atoms with Crippen molar-refractivity contribution in [2.24, 2.45) is 0 Å². The van der Waals surface area contributed by atoms with E-state index in [2.05, 4.69) is 5.10 Å². The maximum atomic E-state index is 13.6. The highest BCUT2D eigenvalue weighted by Crippen LogP contribution is 2.16. The Kier molecular flexibility index (Phi) is 15.7. The van der Waals surface area contributed by atoms with Crippen LogP contribution in [0.3, 0.4) is 0 Å². The molecule has 0 radical (unpaired) electrons. The minimum atomic E-state index is -1.42. The lowest BCUT2D eigenvalue weighted by atomic mass is 10.0. The van der Waals surface area contributed by atoms with Crippen LogP contribution in [0.25, 0.3) is 0 Å². The van der Waals surface area contributed by atoms with Crippen molar-refractivity contribution in [3.05, 3.63) is 47.8 Å². The number of carbonyl (C=O) groups excluding carboxylic acids is 8. The van der Waals surface area contributed by atoms with Crippen molar-refractivity contribution < 1.29 is 62.0 Å². The number of benzene rings is 1. The van der Waals surface area contributed by atoms with Gasteiger partial charge in [0.2, 0.25) is 0 Å². The number of ether oxygens (including phenoxy) is 5. The highest BCUT2D eigenvalue weighted by molar-refractivity contribution is 5.91. The van der Waals surface area contributed by atoms with Crippen LogP contribution in [0.4, 0.5) is 0 Å². The molecule has 4 amide bonds. The van der Waals surface area contributed by atoms with Crippen LogP contribution in [0, 0.1) is 0 Å². The molecular formula is C36H48N6O13. The number of cyclic esters (lactones) is 4. The second kappa shape index (κ2) is 19.9. The molecule has 0 saturated carbocycles. The van der Waals surface area contributed by atoms with Gasteiger partial charge in [-0.3, -0.25) is 38.2 Å².